The molecule has 0 bridgehead atoms. The minimum absolute atomic E-state index is 0.0731. The summed E-state index contributed by atoms with van der Waals surface area (Å²) in [6, 6.07) is 0. The van der Waals surface area contributed by atoms with Gasteiger partial charge >= 0.3 is 20.8 Å². The highest BCUT2D eigenvalue weighted by Gasteiger charge is 2.44. The third kappa shape index (κ3) is 5.57. The Kier molecular flexibility index (Phi) is 5.86. The number of methoxy groups -OCH3 is 1. The molecule has 1 aliphatic heterocycles. The van der Waals surface area contributed by atoms with E-state index in [0.717, 1.165) is 0 Å². The van der Waals surface area contributed by atoms with Gasteiger partial charge in [-0.2, -0.15) is 16.8 Å². The van der Waals surface area contributed by atoms with Crippen LogP contribution in [0.25, 0.3) is 0 Å². The van der Waals surface area contributed by atoms with E-state index >= 15 is 0 Å². The quantitative estimate of drug-likeness (QED) is 0.610. The van der Waals surface area contributed by atoms with Crippen molar-refractivity contribution < 1.29 is 43.8 Å². The Morgan fingerprint density at radius 3 is 2.10 bits per heavy atom. The van der Waals surface area contributed by atoms with Gasteiger partial charge < -0.3 is 9.47 Å². The monoisotopic (exact) mass is 336 g/mol. The van der Waals surface area contributed by atoms with Gasteiger partial charge in [0.1, 0.15) is 6.10 Å². The Bertz CT molecular complexity index is 511. The number of hydrogen-bond donors (Lipinski definition) is 2. The van der Waals surface area contributed by atoms with Gasteiger partial charge in [-0.15, -0.1) is 0 Å². The van der Waals surface area contributed by atoms with Crippen LogP contribution < -0.4 is 0 Å². The van der Waals surface area contributed by atoms with Gasteiger partial charge in [0.05, 0.1) is 6.10 Å². The Labute approximate surface area is 116 Å². The molecular formula is C8H16O10S2. The van der Waals surface area contributed by atoms with E-state index in [9.17, 15) is 16.8 Å². The topological polar surface area (TPSA) is 146 Å². The predicted molar refractivity (Wildman–Crippen MR) is 63.4 cm³/mol. The van der Waals surface area contributed by atoms with Crippen LogP contribution in [-0.4, -0.2) is 57.7 Å². The SMILES string of the molecule is CCC1CC(OS(=O)(=O)O)C(OS(=O)(=O)O)C(OC)O1. The van der Waals surface area contributed by atoms with Crippen molar-refractivity contribution in [1.82, 2.24) is 0 Å². The van der Waals surface area contributed by atoms with Crippen LogP contribution in [0.1, 0.15) is 19.8 Å². The van der Waals surface area contributed by atoms with Crippen LogP contribution in [0.2, 0.25) is 0 Å². The molecule has 0 amide bonds. The Morgan fingerprint density at radius 2 is 1.70 bits per heavy atom. The fourth-order valence-corrected chi connectivity index (χ4v) is 2.84. The highest BCUT2D eigenvalue weighted by Crippen LogP contribution is 2.28. The molecule has 1 rings (SSSR count). The van der Waals surface area contributed by atoms with Crippen LogP contribution in [0.4, 0.5) is 0 Å². The van der Waals surface area contributed by atoms with Crippen molar-refractivity contribution in [3.8, 4) is 0 Å². The second-order valence-corrected chi connectivity index (χ2v) is 6.15. The molecule has 0 aromatic carbocycles. The summed E-state index contributed by atoms with van der Waals surface area (Å²) in [5.41, 5.74) is 0. The van der Waals surface area contributed by atoms with Gasteiger partial charge in [-0.25, -0.2) is 8.37 Å². The smallest absolute Gasteiger partial charge is 0.353 e. The first-order valence-corrected chi connectivity index (χ1v) is 8.28. The van der Waals surface area contributed by atoms with Gasteiger partial charge in [0.2, 0.25) is 0 Å². The second-order valence-electron chi connectivity index (χ2n) is 4.06. The zero-order valence-electron chi connectivity index (χ0n) is 10.7. The fraction of sp³-hybridized carbons (Fsp3) is 1.00. The molecule has 0 aliphatic carbocycles. The molecule has 0 aromatic heterocycles. The average molecular weight is 336 g/mol. The molecule has 4 atom stereocenters. The molecular weight excluding hydrogens is 320 g/mol. The largest absolute Gasteiger partial charge is 0.397 e. The summed E-state index contributed by atoms with van der Waals surface area (Å²) in [5, 5.41) is 0. The van der Waals surface area contributed by atoms with Crippen molar-refractivity contribution in [3.63, 3.8) is 0 Å². The summed E-state index contributed by atoms with van der Waals surface area (Å²) < 4.78 is 79.4. The van der Waals surface area contributed by atoms with Crippen molar-refractivity contribution in [1.29, 1.82) is 0 Å². The lowest BCUT2D eigenvalue weighted by atomic mass is 10.0. The number of hydrogen-bond acceptors (Lipinski definition) is 8. The van der Waals surface area contributed by atoms with E-state index in [1.54, 1.807) is 6.92 Å². The molecule has 4 unspecified atom stereocenters. The molecule has 1 aliphatic rings. The van der Waals surface area contributed by atoms with Crippen LogP contribution in [0.5, 0.6) is 0 Å². The first-order valence-electron chi connectivity index (χ1n) is 5.55. The first kappa shape index (κ1) is 17.7. The Hall–Kier alpha value is -0.340. The minimum Gasteiger partial charge on any atom is -0.353 e. The fourth-order valence-electron chi connectivity index (χ4n) is 1.84. The van der Waals surface area contributed by atoms with E-state index in [1.807, 2.05) is 0 Å². The molecule has 10 nitrogen and oxygen atoms in total. The van der Waals surface area contributed by atoms with Crippen LogP contribution in [0.15, 0.2) is 0 Å². The van der Waals surface area contributed by atoms with Crippen LogP contribution in [0.3, 0.4) is 0 Å². The van der Waals surface area contributed by atoms with Gasteiger partial charge in [-0.3, -0.25) is 9.11 Å². The van der Waals surface area contributed by atoms with Gasteiger partial charge in [0.25, 0.3) is 0 Å². The van der Waals surface area contributed by atoms with Gasteiger partial charge in [-0.05, 0) is 6.42 Å². The van der Waals surface area contributed by atoms with E-state index in [0.29, 0.717) is 6.42 Å². The molecule has 20 heavy (non-hydrogen) atoms. The highest BCUT2D eigenvalue weighted by atomic mass is 32.3. The third-order valence-electron chi connectivity index (χ3n) is 2.62. The normalized spacial score (nSPS) is 32.2. The van der Waals surface area contributed by atoms with Crippen LogP contribution in [0, 0.1) is 0 Å². The molecule has 1 fully saturated rings. The number of rotatable bonds is 6. The predicted octanol–water partition coefficient (Wildman–Crippen LogP) is -0.466. The molecule has 0 spiro atoms. The van der Waals surface area contributed by atoms with Gasteiger partial charge in [0, 0.05) is 13.5 Å². The number of ether oxygens (including phenoxy) is 2. The van der Waals surface area contributed by atoms with E-state index < -0.39 is 45.4 Å². The lowest BCUT2D eigenvalue weighted by Gasteiger charge is -2.38. The van der Waals surface area contributed by atoms with Crippen LogP contribution >= 0.6 is 0 Å². The van der Waals surface area contributed by atoms with Crippen molar-refractivity contribution in [3.05, 3.63) is 0 Å². The Morgan fingerprint density at radius 1 is 1.15 bits per heavy atom. The van der Waals surface area contributed by atoms with Crippen LogP contribution in [-0.2, 0) is 38.6 Å². The zero-order chi connectivity index (χ0) is 15.6. The van der Waals surface area contributed by atoms with E-state index in [-0.39, 0.29) is 6.42 Å². The summed E-state index contributed by atoms with van der Waals surface area (Å²) in [7, 11) is -8.56. The minimum atomic E-state index is -4.90. The summed E-state index contributed by atoms with van der Waals surface area (Å²) in [4.78, 5) is 0. The summed E-state index contributed by atoms with van der Waals surface area (Å²) in [6.45, 7) is 1.74. The Balaban J connectivity index is 3.02. The van der Waals surface area contributed by atoms with Gasteiger partial charge in [0.15, 0.2) is 12.4 Å². The van der Waals surface area contributed by atoms with Crippen molar-refractivity contribution >= 4 is 20.8 Å². The summed E-state index contributed by atoms with van der Waals surface area (Å²) in [5.74, 6) is 0. The molecule has 1 saturated heterocycles. The molecule has 0 aromatic rings. The van der Waals surface area contributed by atoms with Crippen molar-refractivity contribution in [2.24, 2.45) is 0 Å². The van der Waals surface area contributed by atoms with E-state index in [4.69, 9.17) is 18.6 Å². The lowest BCUT2D eigenvalue weighted by molar-refractivity contribution is -0.247. The highest BCUT2D eigenvalue weighted by molar-refractivity contribution is 7.81. The maximum atomic E-state index is 10.8. The summed E-state index contributed by atoms with van der Waals surface area (Å²) in [6.07, 6.45) is -4.37. The first-order chi connectivity index (χ1) is 9.05. The van der Waals surface area contributed by atoms with Crippen molar-refractivity contribution in [2.45, 2.75) is 44.4 Å². The molecule has 12 heteroatoms. The molecule has 2 N–H and O–H groups in total. The standard InChI is InChI=1S/C8H16O10S2/c1-3-5-4-6(17-19(9,10)11)7(8(15-2)16-5)18-20(12,13)14/h5-8H,3-4H2,1-2H3,(H,9,10,11)(H,12,13,14). The second kappa shape index (κ2) is 6.62. The van der Waals surface area contributed by atoms with Crippen molar-refractivity contribution in [2.75, 3.05) is 7.11 Å². The molecule has 120 valence electrons. The average Bonchev–Trinajstić information content (AvgIpc) is 2.27. The van der Waals surface area contributed by atoms with E-state index in [1.165, 1.54) is 7.11 Å². The maximum Gasteiger partial charge on any atom is 0.397 e. The molecule has 1 heterocycles. The maximum absolute atomic E-state index is 10.8. The molecule has 0 radical (unpaired) electrons. The molecule has 0 saturated carbocycles. The lowest BCUT2D eigenvalue weighted by Crippen LogP contribution is -2.52. The van der Waals surface area contributed by atoms with E-state index in [2.05, 4.69) is 8.37 Å². The third-order valence-corrected chi connectivity index (χ3v) is 3.58. The van der Waals surface area contributed by atoms with Gasteiger partial charge in [-0.1, -0.05) is 6.92 Å². The summed E-state index contributed by atoms with van der Waals surface area (Å²) >= 11 is 0. The zero-order valence-corrected chi connectivity index (χ0v) is 12.3.